The van der Waals surface area contributed by atoms with E-state index in [1.54, 1.807) is 53.7 Å². The summed E-state index contributed by atoms with van der Waals surface area (Å²) >= 11 is 0. The minimum Gasteiger partial charge on any atom is -0.508 e. The Morgan fingerprint density at radius 2 is 1.43 bits per heavy atom. The second kappa shape index (κ2) is 20.3. The van der Waals surface area contributed by atoms with Gasteiger partial charge in [-0.3, -0.25) is 14.4 Å². The highest BCUT2D eigenvalue weighted by Gasteiger charge is 2.38. The van der Waals surface area contributed by atoms with E-state index in [1.165, 1.54) is 17.0 Å². The molecule has 0 saturated heterocycles. The van der Waals surface area contributed by atoms with Crippen LogP contribution in [0.4, 0.5) is 4.79 Å². The molecule has 0 fully saturated rings. The van der Waals surface area contributed by atoms with Gasteiger partial charge in [0.2, 0.25) is 17.7 Å². The lowest BCUT2D eigenvalue weighted by atomic mass is 9.99. The predicted molar refractivity (Wildman–Crippen MR) is 195 cm³/mol. The molecule has 4 amide bonds. The van der Waals surface area contributed by atoms with Crippen molar-refractivity contribution in [1.82, 2.24) is 15.5 Å². The Morgan fingerprint density at radius 1 is 0.804 bits per heavy atom. The van der Waals surface area contributed by atoms with Crippen LogP contribution in [0.1, 0.15) is 117 Å². The third-order valence-electron chi connectivity index (χ3n) is 7.74. The minimum absolute atomic E-state index is 0.0948. The summed E-state index contributed by atoms with van der Waals surface area (Å²) in [6, 6.07) is 11.4. The van der Waals surface area contributed by atoms with E-state index in [9.17, 15) is 29.1 Å². The highest BCUT2D eigenvalue weighted by molar-refractivity contribution is 5.94. The van der Waals surface area contributed by atoms with E-state index in [-0.39, 0.29) is 37.1 Å². The number of alkyl carbamates (subject to hydrolysis) is 1. The van der Waals surface area contributed by atoms with Gasteiger partial charge in [-0.1, -0.05) is 81.5 Å². The van der Waals surface area contributed by atoms with Crippen LogP contribution in [-0.2, 0) is 35.1 Å². The zero-order valence-corrected chi connectivity index (χ0v) is 31.3. The van der Waals surface area contributed by atoms with Gasteiger partial charge < -0.3 is 35.8 Å². The van der Waals surface area contributed by atoms with Crippen LogP contribution < -0.4 is 16.4 Å². The Labute approximate surface area is 302 Å². The predicted octanol–water partition coefficient (Wildman–Crippen LogP) is 5.85. The van der Waals surface area contributed by atoms with Crippen LogP contribution >= 0.6 is 0 Å². The van der Waals surface area contributed by atoms with E-state index in [1.807, 2.05) is 30.3 Å². The molecule has 0 aliphatic rings. The number of hydrogen-bond donors (Lipinski definition) is 4. The molecule has 12 heteroatoms. The number of aromatic hydroxyl groups is 1. The quantitative estimate of drug-likeness (QED) is 0.104. The Kier molecular flexibility index (Phi) is 16.9. The van der Waals surface area contributed by atoms with E-state index < -0.39 is 59.1 Å². The van der Waals surface area contributed by atoms with Gasteiger partial charge in [0.15, 0.2) is 0 Å². The van der Waals surface area contributed by atoms with Gasteiger partial charge in [-0.25, -0.2) is 9.59 Å². The summed E-state index contributed by atoms with van der Waals surface area (Å²) in [5.74, 6) is -2.82. The zero-order chi connectivity index (χ0) is 38.2. The number of nitrogens with two attached hydrogens (primary N) is 1. The summed E-state index contributed by atoms with van der Waals surface area (Å²) in [5.41, 5.74) is 4.78. The maximum atomic E-state index is 14.6. The van der Waals surface area contributed by atoms with Crippen molar-refractivity contribution in [2.24, 2.45) is 5.73 Å². The molecule has 0 aromatic heterocycles. The third-order valence-corrected chi connectivity index (χ3v) is 7.74. The maximum absolute atomic E-state index is 14.6. The average Bonchev–Trinajstić information content (AvgIpc) is 3.02. The molecule has 0 spiro atoms. The lowest BCUT2D eigenvalue weighted by Crippen LogP contribution is -2.55. The molecule has 3 unspecified atom stereocenters. The average molecular weight is 711 g/mol. The van der Waals surface area contributed by atoms with E-state index in [4.69, 9.17) is 15.2 Å². The first-order valence-corrected chi connectivity index (χ1v) is 17.8. The van der Waals surface area contributed by atoms with Crippen LogP contribution in [0.2, 0.25) is 0 Å². The molecule has 282 valence electrons. The standard InChI is InChI=1S/C39H58N4O8/c1-8-9-10-11-12-16-24-43(35(47)30(22-23-32(40)45)42-37(49)51-39(5,6)7)33(28-20-17-21-29(44)26-28)34(46)41-31(36(48)50-38(2,3)4)25-27-18-14-13-15-19-27/h13-15,17-21,26,30-31,33,44H,8-12,16,22-25H2,1-7H3,(H2,40,45)(H,41,46)(H,42,49). The maximum Gasteiger partial charge on any atom is 0.408 e. The first kappa shape index (κ1) is 42.6. The number of unbranched alkanes of at least 4 members (excludes halogenated alkanes) is 5. The first-order chi connectivity index (χ1) is 23.9. The summed E-state index contributed by atoms with van der Waals surface area (Å²) in [6.45, 7) is 12.4. The number of benzene rings is 2. The Balaban J connectivity index is 2.64. The number of ether oxygens (including phenoxy) is 2. The van der Waals surface area contributed by atoms with Crippen molar-refractivity contribution in [3.63, 3.8) is 0 Å². The van der Waals surface area contributed by atoms with Gasteiger partial charge in [0, 0.05) is 19.4 Å². The van der Waals surface area contributed by atoms with E-state index >= 15 is 0 Å². The van der Waals surface area contributed by atoms with Crippen molar-refractivity contribution >= 4 is 29.8 Å². The molecule has 0 aliphatic carbocycles. The van der Waals surface area contributed by atoms with Gasteiger partial charge in [-0.15, -0.1) is 0 Å². The molecule has 2 aromatic carbocycles. The first-order valence-electron chi connectivity index (χ1n) is 17.8. The molecule has 2 rings (SSSR count). The lowest BCUT2D eigenvalue weighted by molar-refractivity contribution is -0.159. The second-order valence-corrected chi connectivity index (χ2v) is 14.8. The fourth-order valence-corrected chi connectivity index (χ4v) is 5.46. The van der Waals surface area contributed by atoms with Gasteiger partial charge >= 0.3 is 12.1 Å². The number of nitrogens with zero attached hydrogens (tertiary/aromatic N) is 1. The number of nitrogens with one attached hydrogen (secondary N) is 2. The number of phenols is 1. The van der Waals surface area contributed by atoms with Gasteiger partial charge in [0.25, 0.3) is 0 Å². The molecule has 51 heavy (non-hydrogen) atoms. The van der Waals surface area contributed by atoms with Gasteiger partial charge in [0.05, 0.1) is 0 Å². The van der Waals surface area contributed by atoms with Crippen LogP contribution in [0, 0.1) is 0 Å². The number of esters is 1. The number of phenolic OH excluding ortho intramolecular Hbond substituents is 1. The summed E-state index contributed by atoms with van der Waals surface area (Å²) in [5, 5.41) is 15.9. The van der Waals surface area contributed by atoms with Gasteiger partial charge in [0.1, 0.15) is 35.1 Å². The Bertz CT molecular complexity index is 1430. The summed E-state index contributed by atoms with van der Waals surface area (Å²) < 4.78 is 11.1. The fraction of sp³-hybridized carbons (Fsp3) is 0.564. The van der Waals surface area contributed by atoms with Crippen LogP contribution in [0.3, 0.4) is 0 Å². The van der Waals surface area contributed by atoms with E-state index in [2.05, 4.69) is 17.6 Å². The highest BCUT2D eigenvalue weighted by Crippen LogP contribution is 2.27. The summed E-state index contributed by atoms with van der Waals surface area (Å²) in [6.07, 6.45) is 4.20. The number of hydrogen-bond acceptors (Lipinski definition) is 8. The third kappa shape index (κ3) is 16.3. The van der Waals surface area contributed by atoms with Crippen LogP contribution in [0.15, 0.2) is 54.6 Å². The molecule has 2 aromatic rings. The molecule has 0 radical (unpaired) electrons. The van der Waals surface area contributed by atoms with Crippen molar-refractivity contribution in [1.29, 1.82) is 0 Å². The molecule has 12 nitrogen and oxygen atoms in total. The minimum atomic E-state index is -1.35. The smallest absolute Gasteiger partial charge is 0.408 e. The van der Waals surface area contributed by atoms with E-state index in [0.717, 1.165) is 37.7 Å². The molecule has 5 N–H and O–H groups in total. The second-order valence-electron chi connectivity index (χ2n) is 14.8. The van der Waals surface area contributed by atoms with Crippen molar-refractivity contribution in [2.75, 3.05) is 6.54 Å². The zero-order valence-electron chi connectivity index (χ0n) is 31.3. The summed E-state index contributed by atoms with van der Waals surface area (Å²) in [4.78, 5) is 68.8. The van der Waals surface area contributed by atoms with Crippen molar-refractivity contribution in [3.8, 4) is 5.75 Å². The molecule has 0 bridgehead atoms. The normalized spacial score (nSPS) is 13.3. The monoisotopic (exact) mass is 710 g/mol. The largest absolute Gasteiger partial charge is 0.508 e. The Hall–Kier alpha value is -4.61. The van der Waals surface area contributed by atoms with Crippen LogP contribution in [0.25, 0.3) is 0 Å². The molecule has 0 aliphatic heterocycles. The number of carbonyl (C=O) groups excluding carboxylic acids is 5. The fourth-order valence-electron chi connectivity index (χ4n) is 5.46. The lowest BCUT2D eigenvalue weighted by Gasteiger charge is -2.35. The Morgan fingerprint density at radius 3 is 2.02 bits per heavy atom. The number of amides is 4. The molecular formula is C39H58N4O8. The molecular weight excluding hydrogens is 652 g/mol. The molecule has 0 heterocycles. The van der Waals surface area contributed by atoms with Crippen molar-refractivity contribution in [3.05, 3.63) is 65.7 Å². The molecule has 3 atom stereocenters. The van der Waals surface area contributed by atoms with Gasteiger partial charge in [-0.05, 0) is 77.6 Å². The number of carbonyl (C=O) groups is 5. The molecule has 0 saturated carbocycles. The van der Waals surface area contributed by atoms with Crippen molar-refractivity contribution < 1.29 is 38.6 Å². The summed E-state index contributed by atoms with van der Waals surface area (Å²) in [7, 11) is 0. The highest BCUT2D eigenvalue weighted by atomic mass is 16.6. The number of primary amides is 1. The van der Waals surface area contributed by atoms with E-state index in [0.29, 0.717) is 6.42 Å². The topological polar surface area (TPSA) is 177 Å². The van der Waals surface area contributed by atoms with Gasteiger partial charge in [-0.2, -0.15) is 0 Å². The number of rotatable bonds is 19. The van der Waals surface area contributed by atoms with Crippen molar-refractivity contribution in [2.45, 2.75) is 136 Å². The van der Waals surface area contributed by atoms with Crippen LogP contribution in [0.5, 0.6) is 5.75 Å². The van der Waals surface area contributed by atoms with Crippen LogP contribution in [-0.4, -0.2) is 69.6 Å². The SMILES string of the molecule is CCCCCCCCN(C(=O)C(CCC(N)=O)NC(=O)OC(C)(C)C)C(C(=O)NC(Cc1ccccc1)C(=O)OC(C)(C)C)c1cccc(O)c1.